The van der Waals surface area contributed by atoms with Gasteiger partial charge in [0.15, 0.2) is 11.5 Å². The normalized spacial score (nSPS) is 16.5. The molecular formula is C16H25NO4. The van der Waals surface area contributed by atoms with Crippen LogP contribution in [0.4, 0.5) is 0 Å². The number of benzene rings is 1. The molecule has 0 amide bonds. The van der Waals surface area contributed by atoms with Crippen molar-refractivity contribution in [3.05, 3.63) is 23.8 Å². The van der Waals surface area contributed by atoms with Crippen molar-refractivity contribution in [2.75, 3.05) is 33.5 Å². The Hall–Kier alpha value is -1.30. The second-order valence-corrected chi connectivity index (χ2v) is 5.27. The fraction of sp³-hybridized carbons (Fsp3) is 0.625. The maximum atomic E-state index is 10.3. The van der Waals surface area contributed by atoms with Crippen LogP contribution in [0.5, 0.6) is 11.5 Å². The minimum Gasteiger partial charge on any atom is -0.486 e. The zero-order valence-corrected chi connectivity index (χ0v) is 12.8. The summed E-state index contributed by atoms with van der Waals surface area (Å²) in [6.07, 6.45) is 1.54. The van der Waals surface area contributed by atoms with Crippen LogP contribution in [0.3, 0.4) is 0 Å². The van der Waals surface area contributed by atoms with E-state index >= 15 is 0 Å². The van der Waals surface area contributed by atoms with Gasteiger partial charge in [0.2, 0.25) is 0 Å². The number of methoxy groups -OCH3 is 1. The third-order valence-corrected chi connectivity index (χ3v) is 3.56. The molecule has 1 aromatic carbocycles. The van der Waals surface area contributed by atoms with E-state index in [0.29, 0.717) is 32.1 Å². The van der Waals surface area contributed by atoms with E-state index in [-0.39, 0.29) is 6.04 Å². The predicted molar refractivity (Wildman–Crippen MR) is 81.0 cm³/mol. The Morgan fingerprint density at radius 1 is 1.29 bits per heavy atom. The zero-order valence-electron chi connectivity index (χ0n) is 12.8. The van der Waals surface area contributed by atoms with E-state index in [1.807, 2.05) is 18.2 Å². The molecule has 0 aliphatic carbocycles. The monoisotopic (exact) mass is 295 g/mol. The van der Waals surface area contributed by atoms with Gasteiger partial charge in [-0.1, -0.05) is 19.4 Å². The second kappa shape index (κ2) is 8.22. The molecule has 0 spiro atoms. The molecule has 5 heteroatoms. The van der Waals surface area contributed by atoms with Gasteiger partial charge in [0.05, 0.1) is 12.7 Å². The van der Waals surface area contributed by atoms with E-state index in [2.05, 4.69) is 12.2 Å². The van der Waals surface area contributed by atoms with Gasteiger partial charge in [0, 0.05) is 19.7 Å². The van der Waals surface area contributed by atoms with Crippen molar-refractivity contribution in [3.63, 3.8) is 0 Å². The van der Waals surface area contributed by atoms with E-state index in [0.717, 1.165) is 24.2 Å². The van der Waals surface area contributed by atoms with Crippen LogP contribution in [0.1, 0.15) is 31.4 Å². The lowest BCUT2D eigenvalue weighted by atomic mass is 10.1. The molecule has 0 saturated heterocycles. The molecule has 2 N–H and O–H groups in total. The number of aliphatic hydroxyl groups excluding tert-OH is 1. The highest BCUT2D eigenvalue weighted by molar-refractivity contribution is 5.44. The van der Waals surface area contributed by atoms with E-state index in [1.165, 1.54) is 0 Å². The summed E-state index contributed by atoms with van der Waals surface area (Å²) >= 11 is 0. The number of rotatable bonds is 8. The van der Waals surface area contributed by atoms with Crippen LogP contribution in [-0.2, 0) is 4.74 Å². The Kier molecular flexibility index (Phi) is 6.29. The van der Waals surface area contributed by atoms with Gasteiger partial charge in [-0.25, -0.2) is 0 Å². The molecule has 1 aliphatic heterocycles. The Labute approximate surface area is 126 Å². The summed E-state index contributed by atoms with van der Waals surface area (Å²) in [5.41, 5.74) is 0.833. The van der Waals surface area contributed by atoms with Crippen LogP contribution in [-0.4, -0.2) is 44.6 Å². The minimum atomic E-state index is -0.572. The van der Waals surface area contributed by atoms with E-state index in [4.69, 9.17) is 14.2 Å². The Balaban J connectivity index is 1.91. The van der Waals surface area contributed by atoms with Gasteiger partial charge >= 0.3 is 0 Å². The largest absolute Gasteiger partial charge is 0.486 e. The van der Waals surface area contributed by atoms with Gasteiger partial charge < -0.3 is 24.6 Å². The third kappa shape index (κ3) is 4.59. The van der Waals surface area contributed by atoms with Gasteiger partial charge in [-0.2, -0.15) is 0 Å². The van der Waals surface area contributed by atoms with Crippen molar-refractivity contribution < 1.29 is 19.3 Å². The van der Waals surface area contributed by atoms with Gasteiger partial charge in [-0.05, 0) is 24.1 Å². The molecule has 21 heavy (non-hydrogen) atoms. The maximum absolute atomic E-state index is 10.3. The van der Waals surface area contributed by atoms with Crippen molar-refractivity contribution >= 4 is 0 Å². The molecule has 1 heterocycles. The Morgan fingerprint density at radius 3 is 2.76 bits per heavy atom. The van der Waals surface area contributed by atoms with Crippen LogP contribution >= 0.6 is 0 Å². The van der Waals surface area contributed by atoms with E-state index in [1.54, 1.807) is 7.11 Å². The van der Waals surface area contributed by atoms with Crippen LogP contribution in [0, 0.1) is 0 Å². The summed E-state index contributed by atoms with van der Waals surface area (Å²) < 4.78 is 16.2. The smallest absolute Gasteiger partial charge is 0.161 e. The Bertz CT molecular complexity index is 432. The van der Waals surface area contributed by atoms with Gasteiger partial charge in [-0.3, -0.25) is 0 Å². The van der Waals surface area contributed by atoms with Crippen molar-refractivity contribution in [3.8, 4) is 11.5 Å². The predicted octanol–water partition coefficient (Wildman–Crippen LogP) is 1.90. The molecule has 2 rings (SSSR count). The van der Waals surface area contributed by atoms with Crippen LogP contribution in [0.15, 0.2) is 18.2 Å². The second-order valence-electron chi connectivity index (χ2n) is 5.27. The first kappa shape index (κ1) is 16.1. The van der Waals surface area contributed by atoms with E-state index < -0.39 is 6.10 Å². The fourth-order valence-corrected chi connectivity index (χ4v) is 2.46. The summed E-state index contributed by atoms with van der Waals surface area (Å²) in [5.74, 6) is 1.45. The van der Waals surface area contributed by atoms with Crippen LogP contribution in [0.25, 0.3) is 0 Å². The third-order valence-electron chi connectivity index (χ3n) is 3.56. The fourth-order valence-electron chi connectivity index (χ4n) is 2.46. The molecule has 1 aromatic rings. The molecule has 0 fully saturated rings. The lowest BCUT2D eigenvalue weighted by Gasteiger charge is -2.22. The number of fused-ring (bicyclic) bond motifs is 1. The highest BCUT2D eigenvalue weighted by atomic mass is 16.6. The average molecular weight is 295 g/mol. The first-order chi connectivity index (χ1) is 10.2. The molecular weight excluding hydrogens is 270 g/mol. The maximum Gasteiger partial charge on any atom is 0.161 e. The zero-order chi connectivity index (χ0) is 15.1. The van der Waals surface area contributed by atoms with Gasteiger partial charge in [0.25, 0.3) is 0 Å². The van der Waals surface area contributed by atoms with Crippen molar-refractivity contribution in [2.45, 2.75) is 31.9 Å². The standard InChI is InChI=1S/C16H25NO4/c1-3-4-13(11-19-2)17-10-14(18)12-5-6-15-16(9-12)21-8-7-20-15/h5-6,9,13-14,17-18H,3-4,7-8,10-11H2,1-2H3. The number of ether oxygens (including phenoxy) is 3. The lowest BCUT2D eigenvalue weighted by molar-refractivity contribution is 0.134. The minimum absolute atomic E-state index is 0.270. The molecule has 0 saturated carbocycles. The summed E-state index contributed by atoms with van der Waals surface area (Å²) in [7, 11) is 1.70. The SMILES string of the molecule is CCCC(COC)NCC(O)c1ccc2c(c1)OCCO2. The quantitative estimate of drug-likeness (QED) is 0.767. The molecule has 2 unspecified atom stereocenters. The van der Waals surface area contributed by atoms with Crippen LogP contribution in [0.2, 0.25) is 0 Å². The average Bonchev–Trinajstić information content (AvgIpc) is 2.52. The highest BCUT2D eigenvalue weighted by Crippen LogP contribution is 2.32. The number of hydrogen-bond donors (Lipinski definition) is 2. The summed E-state index contributed by atoms with van der Waals surface area (Å²) in [6, 6.07) is 5.86. The molecule has 1 aliphatic rings. The number of nitrogens with one attached hydrogen (secondary N) is 1. The van der Waals surface area contributed by atoms with E-state index in [9.17, 15) is 5.11 Å². The lowest BCUT2D eigenvalue weighted by Crippen LogP contribution is -2.36. The molecule has 5 nitrogen and oxygen atoms in total. The summed E-state index contributed by atoms with van der Waals surface area (Å²) in [6.45, 7) is 4.42. The number of aliphatic hydroxyl groups is 1. The summed E-state index contributed by atoms with van der Waals surface area (Å²) in [5, 5.41) is 13.7. The van der Waals surface area contributed by atoms with Gasteiger partial charge in [0.1, 0.15) is 13.2 Å². The molecule has 0 aromatic heterocycles. The van der Waals surface area contributed by atoms with Crippen molar-refractivity contribution in [1.82, 2.24) is 5.32 Å². The first-order valence-corrected chi connectivity index (χ1v) is 7.54. The summed E-state index contributed by atoms with van der Waals surface area (Å²) in [4.78, 5) is 0. The molecule has 2 atom stereocenters. The highest BCUT2D eigenvalue weighted by Gasteiger charge is 2.16. The van der Waals surface area contributed by atoms with Crippen LogP contribution < -0.4 is 14.8 Å². The first-order valence-electron chi connectivity index (χ1n) is 7.54. The topological polar surface area (TPSA) is 60.0 Å². The Morgan fingerprint density at radius 2 is 2.05 bits per heavy atom. The van der Waals surface area contributed by atoms with Gasteiger partial charge in [-0.15, -0.1) is 0 Å². The van der Waals surface area contributed by atoms with Crippen molar-refractivity contribution in [1.29, 1.82) is 0 Å². The number of hydrogen-bond acceptors (Lipinski definition) is 5. The van der Waals surface area contributed by atoms with Crippen molar-refractivity contribution in [2.24, 2.45) is 0 Å². The molecule has 0 radical (unpaired) electrons. The molecule has 118 valence electrons. The molecule has 0 bridgehead atoms.